The number of carbonyl (C=O) groups is 1. The van der Waals surface area contributed by atoms with Crippen molar-refractivity contribution in [2.75, 3.05) is 12.4 Å². The van der Waals surface area contributed by atoms with Gasteiger partial charge < -0.3 is 14.5 Å². The summed E-state index contributed by atoms with van der Waals surface area (Å²) in [5.41, 5.74) is 4.19. The summed E-state index contributed by atoms with van der Waals surface area (Å²) in [6, 6.07) is 18.0. The third kappa shape index (κ3) is 3.57. The Morgan fingerprint density at radius 3 is 2.75 bits per heavy atom. The van der Waals surface area contributed by atoms with E-state index in [9.17, 15) is 4.79 Å². The minimum atomic E-state index is -0.235. The number of halogens is 1. The van der Waals surface area contributed by atoms with Crippen LogP contribution >= 0.6 is 11.6 Å². The minimum absolute atomic E-state index is 0.235. The minimum Gasteiger partial charge on any atom is -0.497 e. The van der Waals surface area contributed by atoms with E-state index in [0.717, 1.165) is 11.1 Å². The van der Waals surface area contributed by atoms with Crippen molar-refractivity contribution in [1.82, 2.24) is 4.98 Å². The van der Waals surface area contributed by atoms with Crippen molar-refractivity contribution < 1.29 is 13.9 Å². The van der Waals surface area contributed by atoms with Gasteiger partial charge in [-0.2, -0.15) is 0 Å². The lowest BCUT2D eigenvalue weighted by atomic mass is 10.1. The number of amides is 1. The number of nitrogens with one attached hydrogen (secondary N) is 1. The second-order valence-corrected chi connectivity index (χ2v) is 6.76. The Labute approximate surface area is 166 Å². The van der Waals surface area contributed by atoms with E-state index in [1.54, 1.807) is 19.2 Å². The number of hydrogen-bond acceptors (Lipinski definition) is 4. The van der Waals surface area contributed by atoms with Gasteiger partial charge in [0.1, 0.15) is 11.3 Å². The molecular weight excluding hydrogens is 376 g/mol. The zero-order valence-corrected chi connectivity index (χ0v) is 16.1. The number of anilines is 1. The Kier molecular flexibility index (Phi) is 4.75. The van der Waals surface area contributed by atoms with Gasteiger partial charge in [0.2, 0.25) is 5.89 Å². The molecule has 0 saturated heterocycles. The molecule has 0 atom stereocenters. The van der Waals surface area contributed by atoms with E-state index in [1.807, 2.05) is 55.5 Å². The van der Waals surface area contributed by atoms with Crippen molar-refractivity contribution in [1.29, 1.82) is 0 Å². The number of ether oxygens (including phenoxy) is 1. The molecule has 0 radical (unpaired) electrons. The lowest BCUT2D eigenvalue weighted by Crippen LogP contribution is -2.11. The van der Waals surface area contributed by atoms with E-state index in [4.69, 9.17) is 20.8 Å². The number of methoxy groups -OCH3 is 1. The van der Waals surface area contributed by atoms with Crippen LogP contribution in [0.2, 0.25) is 5.02 Å². The van der Waals surface area contributed by atoms with Crippen molar-refractivity contribution in [3.8, 4) is 17.2 Å². The first-order valence-corrected chi connectivity index (χ1v) is 9.04. The summed E-state index contributed by atoms with van der Waals surface area (Å²) in [6.45, 7) is 1.89. The van der Waals surface area contributed by atoms with Gasteiger partial charge in [0.15, 0.2) is 5.58 Å². The second kappa shape index (κ2) is 7.37. The van der Waals surface area contributed by atoms with E-state index in [-0.39, 0.29) is 5.91 Å². The molecule has 3 aromatic carbocycles. The number of benzene rings is 3. The molecule has 0 unspecified atom stereocenters. The lowest BCUT2D eigenvalue weighted by Gasteiger charge is -2.07. The number of hydrogen-bond donors (Lipinski definition) is 1. The first-order valence-electron chi connectivity index (χ1n) is 8.66. The molecule has 0 aliphatic carbocycles. The van der Waals surface area contributed by atoms with E-state index in [1.165, 1.54) is 0 Å². The van der Waals surface area contributed by atoms with Gasteiger partial charge in [-0.05, 0) is 55.0 Å². The molecule has 0 aliphatic heterocycles. The number of nitrogens with zero attached hydrogens (tertiary/aromatic N) is 1. The fourth-order valence-corrected chi connectivity index (χ4v) is 3.01. The summed E-state index contributed by atoms with van der Waals surface area (Å²) in [6.07, 6.45) is 0. The first kappa shape index (κ1) is 18.1. The average molecular weight is 393 g/mol. The molecule has 4 rings (SSSR count). The van der Waals surface area contributed by atoms with Gasteiger partial charge in [-0.25, -0.2) is 4.98 Å². The molecule has 0 fully saturated rings. The number of rotatable bonds is 4. The van der Waals surface area contributed by atoms with Gasteiger partial charge >= 0.3 is 0 Å². The topological polar surface area (TPSA) is 64.4 Å². The fraction of sp³-hybridized carbons (Fsp3) is 0.0909. The van der Waals surface area contributed by atoms with Crippen LogP contribution in [0.15, 0.2) is 65.1 Å². The Balaban J connectivity index is 1.60. The van der Waals surface area contributed by atoms with Gasteiger partial charge in [0, 0.05) is 27.9 Å². The van der Waals surface area contributed by atoms with Crippen LogP contribution in [0.1, 0.15) is 15.9 Å². The maximum absolute atomic E-state index is 12.5. The zero-order valence-electron chi connectivity index (χ0n) is 15.3. The van der Waals surface area contributed by atoms with Crippen LogP contribution in [0.25, 0.3) is 22.6 Å². The molecule has 5 nitrogen and oxygen atoms in total. The van der Waals surface area contributed by atoms with Gasteiger partial charge in [-0.1, -0.05) is 23.7 Å². The zero-order chi connectivity index (χ0) is 19.7. The van der Waals surface area contributed by atoms with E-state index < -0.39 is 0 Å². The third-order valence-corrected chi connectivity index (χ3v) is 4.80. The summed E-state index contributed by atoms with van der Waals surface area (Å²) in [4.78, 5) is 17.0. The Hall–Kier alpha value is -3.31. The normalized spacial score (nSPS) is 10.8. The average Bonchev–Trinajstić information content (AvgIpc) is 3.13. The van der Waals surface area contributed by atoms with Crippen molar-refractivity contribution in [3.63, 3.8) is 0 Å². The molecule has 1 heterocycles. The van der Waals surface area contributed by atoms with E-state index in [0.29, 0.717) is 39.0 Å². The summed E-state index contributed by atoms with van der Waals surface area (Å²) >= 11 is 6.12. The van der Waals surface area contributed by atoms with Gasteiger partial charge in [0.25, 0.3) is 5.91 Å². The number of fused-ring (bicyclic) bond motifs is 1. The van der Waals surface area contributed by atoms with Gasteiger partial charge in [0.05, 0.1) is 7.11 Å². The molecule has 0 spiro atoms. The molecule has 1 aromatic heterocycles. The maximum Gasteiger partial charge on any atom is 0.255 e. The number of aromatic nitrogens is 1. The molecule has 0 bridgehead atoms. The molecule has 140 valence electrons. The van der Waals surface area contributed by atoms with Crippen LogP contribution in [0.5, 0.6) is 5.75 Å². The van der Waals surface area contributed by atoms with Crippen LogP contribution in [0, 0.1) is 6.92 Å². The highest BCUT2D eigenvalue weighted by molar-refractivity contribution is 6.31. The third-order valence-electron chi connectivity index (χ3n) is 4.40. The highest BCUT2D eigenvalue weighted by Gasteiger charge is 2.12. The van der Waals surface area contributed by atoms with E-state index in [2.05, 4.69) is 10.3 Å². The van der Waals surface area contributed by atoms with Crippen LogP contribution in [-0.2, 0) is 0 Å². The maximum atomic E-state index is 12.5. The molecule has 0 saturated carbocycles. The Bertz CT molecular complexity index is 1180. The van der Waals surface area contributed by atoms with Crippen molar-refractivity contribution >= 4 is 34.3 Å². The Morgan fingerprint density at radius 1 is 1.11 bits per heavy atom. The molecule has 0 aliphatic rings. The number of carbonyl (C=O) groups excluding carboxylic acids is 1. The highest BCUT2D eigenvalue weighted by Crippen LogP contribution is 2.28. The molecular formula is C22H17ClN2O3. The summed E-state index contributed by atoms with van der Waals surface area (Å²) in [5.74, 6) is 0.948. The van der Waals surface area contributed by atoms with Crippen LogP contribution < -0.4 is 10.1 Å². The van der Waals surface area contributed by atoms with Crippen molar-refractivity contribution in [2.24, 2.45) is 0 Å². The Morgan fingerprint density at radius 2 is 1.96 bits per heavy atom. The number of aryl methyl sites for hydroxylation is 1. The first-order chi connectivity index (χ1) is 13.5. The highest BCUT2D eigenvalue weighted by atomic mass is 35.5. The molecule has 28 heavy (non-hydrogen) atoms. The largest absolute Gasteiger partial charge is 0.497 e. The van der Waals surface area contributed by atoms with Crippen LogP contribution in [0.4, 0.5) is 5.69 Å². The standard InChI is InChI=1S/C22H17ClN2O3/c1-13-6-7-14(11-18(13)23)21(26)24-16-5-3-4-15(10-16)22-25-19-12-17(27-2)8-9-20(19)28-22/h3-12H,1-2H3,(H,24,26). The smallest absolute Gasteiger partial charge is 0.255 e. The predicted octanol–water partition coefficient (Wildman–Crippen LogP) is 5.72. The summed E-state index contributed by atoms with van der Waals surface area (Å²) in [7, 11) is 1.61. The van der Waals surface area contributed by atoms with Crippen molar-refractivity contribution in [3.05, 3.63) is 76.8 Å². The predicted molar refractivity (Wildman–Crippen MR) is 110 cm³/mol. The molecule has 1 N–H and O–H groups in total. The fourth-order valence-electron chi connectivity index (χ4n) is 2.83. The molecule has 4 aromatic rings. The van der Waals surface area contributed by atoms with E-state index >= 15 is 0 Å². The van der Waals surface area contributed by atoms with Crippen LogP contribution in [-0.4, -0.2) is 18.0 Å². The number of oxazole rings is 1. The van der Waals surface area contributed by atoms with Gasteiger partial charge in [-0.3, -0.25) is 4.79 Å². The lowest BCUT2D eigenvalue weighted by molar-refractivity contribution is 0.102. The van der Waals surface area contributed by atoms with Gasteiger partial charge in [-0.15, -0.1) is 0 Å². The van der Waals surface area contributed by atoms with Crippen molar-refractivity contribution in [2.45, 2.75) is 6.92 Å². The molecule has 1 amide bonds. The quantitative estimate of drug-likeness (QED) is 0.482. The summed E-state index contributed by atoms with van der Waals surface area (Å²) < 4.78 is 11.0. The summed E-state index contributed by atoms with van der Waals surface area (Å²) in [5, 5.41) is 3.44. The SMILES string of the molecule is COc1ccc2oc(-c3cccc(NC(=O)c4ccc(C)c(Cl)c4)c3)nc2c1. The van der Waals surface area contributed by atoms with Crippen LogP contribution in [0.3, 0.4) is 0 Å². The second-order valence-electron chi connectivity index (χ2n) is 6.35. The molecule has 6 heteroatoms. The monoisotopic (exact) mass is 392 g/mol.